The van der Waals surface area contributed by atoms with Crippen LogP contribution in [0.2, 0.25) is 0 Å². The van der Waals surface area contributed by atoms with E-state index in [1.54, 1.807) is 6.07 Å². The molecule has 1 aliphatic heterocycles. The lowest BCUT2D eigenvalue weighted by Gasteiger charge is -2.10. The van der Waals surface area contributed by atoms with Crippen LogP contribution < -0.4 is 9.47 Å². The molecule has 0 bridgehead atoms. The van der Waals surface area contributed by atoms with E-state index in [9.17, 15) is 20.1 Å². The molecule has 7 heteroatoms. The molecule has 7 nitrogen and oxygen atoms in total. The average Bonchev–Trinajstić information content (AvgIpc) is 3.04. The molecule has 25 heavy (non-hydrogen) atoms. The predicted octanol–water partition coefficient (Wildman–Crippen LogP) is 2.66. The Bertz CT molecular complexity index is 1010. The summed E-state index contributed by atoms with van der Waals surface area (Å²) in [7, 11) is 0. The Morgan fingerprint density at radius 2 is 1.80 bits per heavy atom. The Morgan fingerprint density at radius 1 is 1.04 bits per heavy atom. The van der Waals surface area contributed by atoms with E-state index < -0.39 is 5.97 Å². The van der Waals surface area contributed by atoms with Crippen molar-refractivity contribution >= 4 is 16.7 Å². The quantitative estimate of drug-likeness (QED) is 0.629. The molecule has 0 radical (unpaired) electrons. The number of rotatable bonds is 3. The second-order valence-electron chi connectivity index (χ2n) is 5.69. The Labute approximate surface area is 141 Å². The molecule has 1 aliphatic rings. The number of nitrogens with zero attached hydrogens (tertiary/aromatic N) is 1. The molecule has 0 fully saturated rings. The van der Waals surface area contributed by atoms with Crippen molar-refractivity contribution in [1.82, 2.24) is 4.98 Å². The molecule has 3 aromatic rings. The average molecular weight is 339 g/mol. The predicted molar refractivity (Wildman–Crippen MR) is 87.4 cm³/mol. The Kier molecular flexibility index (Phi) is 3.35. The summed E-state index contributed by atoms with van der Waals surface area (Å²) in [5.41, 5.74) is 1.20. The molecule has 0 saturated heterocycles. The molecule has 0 aliphatic carbocycles. The lowest BCUT2D eigenvalue weighted by atomic mass is 10.0. The highest BCUT2D eigenvalue weighted by Gasteiger charge is 2.17. The van der Waals surface area contributed by atoms with Gasteiger partial charge in [-0.25, -0.2) is 9.78 Å². The topological polar surface area (TPSA) is 109 Å². The highest BCUT2D eigenvalue weighted by molar-refractivity contribution is 5.94. The summed E-state index contributed by atoms with van der Waals surface area (Å²) in [6, 6.07) is 9.50. The van der Waals surface area contributed by atoms with Gasteiger partial charge in [0.15, 0.2) is 23.0 Å². The van der Waals surface area contributed by atoms with Crippen molar-refractivity contribution in [2.75, 3.05) is 6.79 Å². The molecule has 4 rings (SSSR count). The number of pyridine rings is 1. The van der Waals surface area contributed by atoms with Gasteiger partial charge < -0.3 is 24.8 Å². The van der Waals surface area contributed by atoms with E-state index in [4.69, 9.17) is 9.47 Å². The molecule has 2 aromatic carbocycles. The van der Waals surface area contributed by atoms with Crippen molar-refractivity contribution in [2.24, 2.45) is 0 Å². The minimum atomic E-state index is -1.17. The Hall–Kier alpha value is -3.48. The smallest absolute Gasteiger partial charge is 0.354 e. The molecule has 0 spiro atoms. The molecular formula is C18H13NO6. The largest absolute Gasteiger partial charge is 0.504 e. The standard InChI is InChI=1S/C18H13NO6/c20-14-6-10-5-13(18(22)23)19-12(11(10)7-15(14)21)3-9-1-2-16-17(4-9)25-8-24-16/h1-2,4-7,20-21H,3,8H2,(H,22,23). The van der Waals surface area contributed by atoms with E-state index in [0.29, 0.717) is 34.4 Å². The summed E-state index contributed by atoms with van der Waals surface area (Å²) >= 11 is 0. The summed E-state index contributed by atoms with van der Waals surface area (Å²) < 4.78 is 10.6. The van der Waals surface area contributed by atoms with Crippen LogP contribution in [0.4, 0.5) is 0 Å². The summed E-state index contributed by atoms with van der Waals surface area (Å²) in [5, 5.41) is 29.8. The van der Waals surface area contributed by atoms with Crippen molar-refractivity contribution in [3.63, 3.8) is 0 Å². The third kappa shape index (κ3) is 2.65. The van der Waals surface area contributed by atoms with Crippen LogP contribution in [0.5, 0.6) is 23.0 Å². The SMILES string of the molecule is O=C(O)c1cc2cc(O)c(O)cc2c(Cc2ccc3c(c2)OCO3)n1. The maximum atomic E-state index is 11.3. The first-order chi connectivity index (χ1) is 12.0. The summed E-state index contributed by atoms with van der Waals surface area (Å²) in [4.78, 5) is 15.5. The van der Waals surface area contributed by atoms with Crippen LogP contribution in [0.3, 0.4) is 0 Å². The van der Waals surface area contributed by atoms with E-state index in [1.807, 2.05) is 12.1 Å². The van der Waals surface area contributed by atoms with E-state index in [0.717, 1.165) is 5.56 Å². The minimum Gasteiger partial charge on any atom is -0.504 e. The number of hydrogen-bond donors (Lipinski definition) is 3. The normalized spacial score (nSPS) is 12.5. The van der Waals surface area contributed by atoms with Gasteiger partial charge >= 0.3 is 5.97 Å². The molecule has 2 heterocycles. The van der Waals surface area contributed by atoms with Crippen LogP contribution in [0.15, 0.2) is 36.4 Å². The monoisotopic (exact) mass is 339 g/mol. The zero-order valence-electron chi connectivity index (χ0n) is 12.9. The number of phenols is 2. The highest BCUT2D eigenvalue weighted by atomic mass is 16.7. The van der Waals surface area contributed by atoms with Gasteiger partial charge in [0, 0.05) is 11.8 Å². The second-order valence-corrected chi connectivity index (χ2v) is 5.69. The number of benzene rings is 2. The molecule has 0 unspecified atom stereocenters. The number of aromatic hydroxyl groups is 2. The van der Waals surface area contributed by atoms with Gasteiger partial charge in [0.25, 0.3) is 0 Å². The molecule has 0 amide bonds. The summed E-state index contributed by atoms with van der Waals surface area (Å²) in [6.45, 7) is 0.168. The second kappa shape index (κ2) is 5.55. The van der Waals surface area contributed by atoms with E-state index in [1.165, 1.54) is 18.2 Å². The lowest BCUT2D eigenvalue weighted by Crippen LogP contribution is -2.04. The van der Waals surface area contributed by atoms with Crippen LogP contribution in [0.25, 0.3) is 10.8 Å². The van der Waals surface area contributed by atoms with Crippen molar-refractivity contribution < 1.29 is 29.6 Å². The number of carboxylic acids is 1. The number of carbonyl (C=O) groups is 1. The number of hydrogen-bond acceptors (Lipinski definition) is 6. The fourth-order valence-corrected chi connectivity index (χ4v) is 2.84. The van der Waals surface area contributed by atoms with E-state index >= 15 is 0 Å². The Balaban J connectivity index is 1.84. The minimum absolute atomic E-state index is 0.131. The summed E-state index contributed by atoms with van der Waals surface area (Å²) in [6.07, 6.45) is 0.332. The van der Waals surface area contributed by atoms with Crippen molar-refractivity contribution in [1.29, 1.82) is 0 Å². The van der Waals surface area contributed by atoms with Gasteiger partial charge in [-0.2, -0.15) is 0 Å². The number of aromatic nitrogens is 1. The number of aromatic carboxylic acids is 1. The van der Waals surface area contributed by atoms with Gasteiger partial charge in [0.1, 0.15) is 5.69 Å². The molecule has 0 atom stereocenters. The van der Waals surface area contributed by atoms with Crippen LogP contribution >= 0.6 is 0 Å². The van der Waals surface area contributed by atoms with Gasteiger partial charge in [0.05, 0.1) is 5.69 Å². The fourth-order valence-electron chi connectivity index (χ4n) is 2.84. The van der Waals surface area contributed by atoms with Gasteiger partial charge in [-0.3, -0.25) is 0 Å². The summed E-state index contributed by atoms with van der Waals surface area (Å²) in [5.74, 6) is -0.491. The third-order valence-corrected chi connectivity index (χ3v) is 4.03. The number of ether oxygens (including phenoxy) is 2. The maximum absolute atomic E-state index is 11.3. The molecule has 126 valence electrons. The highest BCUT2D eigenvalue weighted by Crippen LogP contribution is 2.35. The third-order valence-electron chi connectivity index (χ3n) is 4.03. The van der Waals surface area contributed by atoms with Crippen molar-refractivity contribution in [3.8, 4) is 23.0 Å². The van der Waals surface area contributed by atoms with Gasteiger partial charge in [-0.05, 0) is 41.3 Å². The first kappa shape index (κ1) is 15.1. The van der Waals surface area contributed by atoms with Crippen molar-refractivity contribution in [3.05, 3.63) is 53.3 Å². The van der Waals surface area contributed by atoms with Crippen LogP contribution in [0, 0.1) is 0 Å². The van der Waals surface area contributed by atoms with Crippen LogP contribution in [-0.2, 0) is 6.42 Å². The van der Waals surface area contributed by atoms with Gasteiger partial charge in [0.2, 0.25) is 6.79 Å². The van der Waals surface area contributed by atoms with Crippen LogP contribution in [0.1, 0.15) is 21.7 Å². The molecule has 1 aromatic heterocycles. The first-order valence-electron chi connectivity index (χ1n) is 7.48. The van der Waals surface area contributed by atoms with E-state index in [-0.39, 0.29) is 24.0 Å². The Morgan fingerprint density at radius 3 is 2.60 bits per heavy atom. The van der Waals surface area contributed by atoms with Gasteiger partial charge in [-0.1, -0.05) is 6.07 Å². The number of fused-ring (bicyclic) bond motifs is 2. The molecule has 3 N–H and O–H groups in total. The number of phenolic OH excluding ortho intramolecular Hbond substituents is 2. The molecular weight excluding hydrogens is 326 g/mol. The molecule has 0 saturated carbocycles. The zero-order chi connectivity index (χ0) is 17.6. The van der Waals surface area contributed by atoms with Gasteiger partial charge in [-0.15, -0.1) is 0 Å². The van der Waals surface area contributed by atoms with E-state index in [2.05, 4.69) is 4.98 Å². The number of carboxylic acid groups (broad SMARTS) is 1. The van der Waals surface area contributed by atoms with Crippen LogP contribution in [-0.4, -0.2) is 33.1 Å². The maximum Gasteiger partial charge on any atom is 0.354 e. The van der Waals surface area contributed by atoms with Crippen molar-refractivity contribution in [2.45, 2.75) is 6.42 Å². The fraction of sp³-hybridized carbons (Fsp3) is 0.111. The zero-order valence-corrected chi connectivity index (χ0v) is 12.9. The first-order valence-corrected chi connectivity index (χ1v) is 7.48. The lowest BCUT2D eigenvalue weighted by molar-refractivity contribution is 0.0690.